The van der Waals surface area contributed by atoms with Crippen molar-refractivity contribution in [1.82, 2.24) is 5.32 Å². The van der Waals surface area contributed by atoms with Crippen LogP contribution in [0.2, 0.25) is 0 Å². The van der Waals surface area contributed by atoms with Crippen molar-refractivity contribution < 1.29 is 4.79 Å². The number of hydrogen-bond acceptors (Lipinski definition) is 2. The van der Waals surface area contributed by atoms with Gasteiger partial charge in [-0.2, -0.15) is 0 Å². The zero-order chi connectivity index (χ0) is 10.9. The summed E-state index contributed by atoms with van der Waals surface area (Å²) in [7, 11) is 0. The zero-order valence-corrected chi connectivity index (χ0v) is 11.2. The molecule has 2 nitrogen and oxygen atoms in total. The van der Waals surface area contributed by atoms with E-state index in [2.05, 4.69) is 21.2 Å². The van der Waals surface area contributed by atoms with Crippen LogP contribution < -0.4 is 5.32 Å². The Bertz CT molecular complexity index is 370. The lowest BCUT2D eigenvalue weighted by atomic mass is 9.78. The van der Waals surface area contributed by atoms with Crippen molar-refractivity contribution in [2.45, 2.75) is 24.8 Å². The number of nitrogens with one attached hydrogen (secondary N) is 1. The minimum atomic E-state index is -0.146. The summed E-state index contributed by atoms with van der Waals surface area (Å²) in [5.74, 6) is 0.488. The van der Waals surface area contributed by atoms with Crippen LogP contribution in [0.3, 0.4) is 0 Å². The lowest BCUT2D eigenvalue weighted by Crippen LogP contribution is -2.54. The predicted octanol–water partition coefficient (Wildman–Crippen LogP) is 3.40. The molecule has 15 heavy (non-hydrogen) atoms. The van der Waals surface area contributed by atoms with Crippen LogP contribution in [0.5, 0.6) is 0 Å². The van der Waals surface area contributed by atoms with Crippen LogP contribution >= 0.6 is 38.9 Å². The van der Waals surface area contributed by atoms with Crippen molar-refractivity contribution in [1.29, 1.82) is 0 Å². The van der Waals surface area contributed by atoms with Crippen molar-refractivity contribution in [3.8, 4) is 0 Å². The van der Waals surface area contributed by atoms with Crippen LogP contribution in [0.15, 0.2) is 15.2 Å². The molecule has 1 aliphatic carbocycles. The van der Waals surface area contributed by atoms with Gasteiger partial charge in [-0.05, 0) is 41.3 Å². The summed E-state index contributed by atoms with van der Waals surface area (Å²) < 4.78 is 0.973. The first-order valence-corrected chi connectivity index (χ1v) is 6.98. The molecule has 0 atom stereocenters. The summed E-state index contributed by atoms with van der Waals surface area (Å²) in [6.07, 6.45) is 3.14. The Balaban J connectivity index is 2.03. The van der Waals surface area contributed by atoms with Gasteiger partial charge in [0.2, 0.25) is 0 Å². The molecule has 0 radical (unpaired) electrons. The van der Waals surface area contributed by atoms with E-state index >= 15 is 0 Å². The highest BCUT2D eigenvalue weighted by atomic mass is 79.9. The molecule has 1 saturated carbocycles. The third-order valence-corrected chi connectivity index (χ3v) is 4.79. The van der Waals surface area contributed by atoms with E-state index in [9.17, 15) is 4.79 Å². The normalized spacial score (nSPS) is 18.3. The SMILES string of the molecule is O=C(NC1(CCl)CCC1)c1csc(Br)c1. The second kappa shape index (κ2) is 4.44. The molecule has 82 valence electrons. The summed E-state index contributed by atoms with van der Waals surface area (Å²) in [5.41, 5.74) is 0.566. The average Bonchev–Trinajstić information content (AvgIpc) is 2.58. The molecule has 0 aromatic carbocycles. The maximum atomic E-state index is 11.8. The molecular weight excluding hydrogens is 298 g/mol. The molecule has 1 aromatic heterocycles. The highest BCUT2D eigenvalue weighted by Crippen LogP contribution is 2.33. The highest BCUT2D eigenvalue weighted by Gasteiger charge is 2.37. The van der Waals surface area contributed by atoms with Gasteiger partial charge in [0.05, 0.1) is 14.9 Å². The van der Waals surface area contributed by atoms with Gasteiger partial charge in [-0.25, -0.2) is 0 Å². The molecule has 0 aliphatic heterocycles. The van der Waals surface area contributed by atoms with Crippen molar-refractivity contribution in [2.24, 2.45) is 0 Å². The van der Waals surface area contributed by atoms with Gasteiger partial charge in [-0.15, -0.1) is 22.9 Å². The van der Waals surface area contributed by atoms with E-state index in [0.29, 0.717) is 11.4 Å². The molecule has 1 fully saturated rings. The van der Waals surface area contributed by atoms with Gasteiger partial charge in [-0.1, -0.05) is 0 Å². The number of amides is 1. The summed E-state index contributed by atoms with van der Waals surface area (Å²) in [6, 6.07) is 1.83. The molecular formula is C10H11BrClNOS. The highest BCUT2D eigenvalue weighted by molar-refractivity contribution is 9.11. The predicted molar refractivity (Wildman–Crippen MR) is 66.8 cm³/mol. The largest absolute Gasteiger partial charge is 0.345 e. The Kier molecular flexibility index (Phi) is 3.38. The van der Waals surface area contributed by atoms with Gasteiger partial charge in [0, 0.05) is 11.3 Å². The number of hydrogen-bond donors (Lipinski definition) is 1. The maximum Gasteiger partial charge on any atom is 0.252 e. The molecule has 0 unspecified atom stereocenters. The molecule has 0 saturated heterocycles. The van der Waals surface area contributed by atoms with Gasteiger partial charge in [0.1, 0.15) is 0 Å². The Morgan fingerprint density at radius 3 is 2.80 bits per heavy atom. The number of thiophene rings is 1. The number of halogens is 2. The Morgan fingerprint density at radius 2 is 2.40 bits per heavy atom. The number of carbonyl (C=O) groups excluding carboxylic acids is 1. The fourth-order valence-electron chi connectivity index (χ4n) is 1.64. The summed E-state index contributed by atoms with van der Waals surface area (Å²) in [6.45, 7) is 0. The summed E-state index contributed by atoms with van der Waals surface area (Å²) in [4.78, 5) is 11.8. The Morgan fingerprint density at radius 1 is 1.67 bits per heavy atom. The topological polar surface area (TPSA) is 29.1 Å². The minimum absolute atomic E-state index is 0.0164. The van der Waals surface area contributed by atoms with E-state index in [4.69, 9.17) is 11.6 Å². The van der Waals surface area contributed by atoms with Crippen molar-refractivity contribution >= 4 is 44.8 Å². The first kappa shape index (κ1) is 11.4. The van der Waals surface area contributed by atoms with Crippen LogP contribution in [0, 0.1) is 0 Å². The standard InChI is InChI=1S/C10H11BrClNOS/c11-8-4-7(5-15-8)9(14)13-10(6-12)2-1-3-10/h4-5H,1-3,6H2,(H,13,14). The third kappa shape index (κ3) is 2.37. The summed E-state index contributed by atoms with van der Waals surface area (Å²) in [5, 5.41) is 4.87. The van der Waals surface area contributed by atoms with Crippen LogP contribution in [0.1, 0.15) is 29.6 Å². The second-order valence-electron chi connectivity index (χ2n) is 3.86. The minimum Gasteiger partial charge on any atom is -0.345 e. The van der Waals surface area contributed by atoms with Crippen molar-refractivity contribution in [3.05, 3.63) is 20.8 Å². The third-order valence-electron chi connectivity index (χ3n) is 2.77. The number of rotatable bonds is 3. The van der Waals surface area contributed by atoms with E-state index in [1.807, 2.05) is 11.4 Å². The molecule has 2 rings (SSSR count). The van der Waals surface area contributed by atoms with E-state index < -0.39 is 0 Å². The van der Waals surface area contributed by atoms with Crippen LogP contribution in [-0.4, -0.2) is 17.3 Å². The Labute approximate surface area is 106 Å². The van der Waals surface area contributed by atoms with Gasteiger partial charge < -0.3 is 5.32 Å². The van der Waals surface area contributed by atoms with Crippen molar-refractivity contribution in [3.63, 3.8) is 0 Å². The lowest BCUT2D eigenvalue weighted by Gasteiger charge is -2.40. The number of carbonyl (C=O) groups is 1. The van der Waals surface area contributed by atoms with Crippen LogP contribution in [0.4, 0.5) is 0 Å². The molecule has 5 heteroatoms. The van der Waals surface area contributed by atoms with E-state index in [1.165, 1.54) is 11.3 Å². The molecule has 1 aliphatic rings. The summed E-state index contributed by atoms with van der Waals surface area (Å²) >= 11 is 10.7. The first-order chi connectivity index (χ1) is 7.15. The fourth-order valence-corrected chi connectivity index (χ4v) is 3.11. The zero-order valence-electron chi connectivity index (χ0n) is 8.06. The van der Waals surface area contributed by atoms with Crippen LogP contribution in [0.25, 0.3) is 0 Å². The van der Waals surface area contributed by atoms with Crippen molar-refractivity contribution in [2.75, 3.05) is 5.88 Å². The maximum absolute atomic E-state index is 11.8. The number of alkyl halides is 1. The van der Waals surface area contributed by atoms with Gasteiger partial charge in [0.25, 0.3) is 5.91 Å². The quantitative estimate of drug-likeness (QED) is 0.852. The van der Waals surface area contributed by atoms with Gasteiger partial charge in [0.15, 0.2) is 0 Å². The lowest BCUT2D eigenvalue weighted by molar-refractivity contribution is 0.0854. The van der Waals surface area contributed by atoms with E-state index in [-0.39, 0.29) is 11.4 Å². The molecule has 1 N–H and O–H groups in total. The first-order valence-electron chi connectivity index (χ1n) is 4.78. The Hall–Kier alpha value is -0.0600. The smallest absolute Gasteiger partial charge is 0.252 e. The fraction of sp³-hybridized carbons (Fsp3) is 0.500. The monoisotopic (exact) mass is 307 g/mol. The second-order valence-corrected chi connectivity index (χ2v) is 6.42. The van der Waals surface area contributed by atoms with Crippen LogP contribution in [-0.2, 0) is 0 Å². The van der Waals surface area contributed by atoms with Gasteiger partial charge >= 0.3 is 0 Å². The van der Waals surface area contributed by atoms with E-state index in [1.54, 1.807) is 0 Å². The van der Waals surface area contributed by atoms with Gasteiger partial charge in [-0.3, -0.25) is 4.79 Å². The van der Waals surface area contributed by atoms with E-state index in [0.717, 1.165) is 23.0 Å². The average molecular weight is 309 g/mol. The molecule has 1 heterocycles. The molecule has 1 amide bonds. The molecule has 0 spiro atoms. The molecule has 1 aromatic rings. The molecule has 0 bridgehead atoms.